The lowest BCUT2D eigenvalue weighted by Gasteiger charge is -2.11. The summed E-state index contributed by atoms with van der Waals surface area (Å²) in [6.07, 6.45) is 1.86. The second kappa shape index (κ2) is 2.83. The number of carbonyl (C=O) groups is 2. The fourth-order valence-electron chi connectivity index (χ4n) is 1.76. The van der Waals surface area contributed by atoms with Crippen molar-refractivity contribution in [1.29, 1.82) is 0 Å². The lowest BCUT2D eigenvalue weighted by molar-refractivity contribution is -0.142. The molecule has 0 aromatic rings. The Morgan fingerprint density at radius 1 is 1.29 bits per heavy atom. The van der Waals surface area contributed by atoms with Crippen LogP contribution >= 0.6 is 0 Å². The van der Waals surface area contributed by atoms with Gasteiger partial charge in [-0.05, 0) is 18.8 Å². The van der Waals surface area contributed by atoms with E-state index in [1.807, 2.05) is 13.8 Å². The minimum atomic E-state index is -1.06. The third-order valence-corrected chi connectivity index (χ3v) is 2.99. The van der Waals surface area contributed by atoms with Crippen molar-refractivity contribution in [3.05, 3.63) is 11.6 Å². The molecule has 1 fully saturated rings. The number of hydrogen-bond donors (Lipinski definition) is 2. The molecule has 4 nitrogen and oxygen atoms in total. The molecule has 4 heteroatoms. The zero-order valence-corrected chi connectivity index (χ0v) is 8.50. The molecule has 0 aliphatic heterocycles. The van der Waals surface area contributed by atoms with Gasteiger partial charge < -0.3 is 10.2 Å². The van der Waals surface area contributed by atoms with Crippen LogP contribution in [0.2, 0.25) is 0 Å². The molecule has 0 radical (unpaired) electrons. The summed E-state index contributed by atoms with van der Waals surface area (Å²) in [5.41, 5.74) is -1.22. The van der Waals surface area contributed by atoms with E-state index in [1.54, 1.807) is 0 Å². The Balaban J connectivity index is 3.02. The summed E-state index contributed by atoms with van der Waals surface area (Å²) in [5.74, 6) is -2.00. The quantitative estimate of drug-likeness (QED) is 0.674. The minimum absolute atomic E-state index is 0.0953. The average Bonchev–Trinajstić information content (AvgIpc) is 2.54. The zero-order chi connectivity index (χ0) is 11.1. The van der Waals surface area contributed by atoms with Crippen LogP contribution in [-0.4, -0.2) is 22.2 Å². The number of carboxylic acid groups (broad SMARTS) is 2. The minimum Gasteiger partial charge on any atom is -0.481 e. The van der Waals surface area contributed by atoms with E-state index < -0.39 is 17.4 Å². The van der Waals surface area contributed by atoms with Crippen molar-refractivity contribution in [3.8, 4) is 0 Å². The van der Waals surface area contributed by atoms with Crippen LogP contribution in [0.15, 0.2) is 11.6 Å². The second-order valence-corrected chi connectivity index (χ2v) is 4.47. The van der Waals surface area contributed by atoms with Gasteiger partial charge in [-0.15, -0.1) is 0 Å². The van der Waals surface area contributed by atoms with E-state index in [4.69, 9.17) is 10.2 Å². The van der Waals surface area contributed by atoms with Gasteiger partial charge in [-0.2, -0.15) is 0 Å². The Kier molecular flexibility index (Phi) is 2.18. The van der Waals surface area contributed by atoms with Crippen LogP contribution in [0.5, 0.6) is 0 Å². The van der Waals surface area contributed by atoms with Crippen molar-refractivity contribution in [2.45, 2.75) is 27.2 Å². The number of carboxylic acids is 2. The lowest BCUT2D eigenvalue weighted by atomic mass is 9.93. The molecule has 1 aliphatic carbocycles. The van der Waals surface area contributed by atoms with Crippen LogP contribution in [0.3, 0.4) is 0 Å². The highest BCUT2D eigenvalue weighted by Crippen LogP contribution is 2.64. The first kappa shape index (κ1) is 10.8. The van der Waals surface area contributed by atoms with Gasteiger partial charge in [0.15, 0.2) is 0 Å². The van der Waals surface area contributed by atoms with Crippen LogP contribution < -0.4 is 0 Å². The SMILES string of the molecule is CC(=CC1(C(=O)O)CC1(C)C)C(=O)O. The highest BCUT2D eigenvalue weighted by atomic mass is 16.4. The molecule has 0 heterocycles. The van der Waals surface area contributed by atoms with Crippen LogP contribution in [0.1, 0.15) is 27.2 Å². The molecule has 1 aliphatic rings. The highest BCUT2D eigenvalue weighted by molar-refractivity contribution is 5.90. The van der Waals surface area contributed by atoms with Crippen LogP contribution in [0.25, 0.3) is 0 Å². The summed E-state index contributed by atoms with van der Waals surface area (Å²) in [4.78, 5) is 21.6. The van der Waals surface area contributed by atoms with Gasteiger partial charge in [-0.3, -0.25) is 4.79 Å². The van der Waals surface area contributed by atoms with Crippen molar-refractivity contribution in [3.63, 3.8) is 0 Å². The van der Waals surface area contributed by atoms with Crippen molar-refractivity contribution in [2.75, 3.05) is 0 Å². The normalized spacial score (nSPS) is 29.8. The van der Waals surface area contributed by atoms with E-state index in [1.165, 1.54) is 13.0 Å². The Hall–Kier alpha value is -1.32. The second-order valence-electron chi connectivity index (χ2n) is 4.47. The van der Waals surface area contributed by atoms with Gasteiger partial charge in [0.1, 0.15) is 0 Å². The lowest BCUT2D eigenvalue weighted by Crippen LogP contribution is -2.19. The molecule has 0 bridgehead atoms. The van der Waals surface area contributed by atoms with Crippen molar-refractivity contribution in [1.82, 2.24) is 0 Å². The van der Waals surface area contributed by atoms with Crippen LogP contribution in [0, 0.1) is 10.8 Å². The van der Waals surface area contributed by atoms with Crippen LogP contribution in [-0.2, 0) is 9.59 Å². The summed E-state index contributed by atoms with van der Waals surface area (Å²) >= 11 is 0. The van der Waals surface area contributed by atoms with Gasteiger partial charge in [-0.1, -0.05) is 19.9 Å². The van der Waals surface area contributed by atoms with Gasteiger partial charge in [0, 0.05) is 5.57 Å². The highest BCUT2D eigenvalue weighted by Gasteiger charge is 2.65. The first-order valence-corrected chi connectivity index (χ1v) is 4.39. The third-order valence-electron chi connectivity index (χ3n) is 2.99. The van der Waals surface area contributed by atoms with Gasteiger partial charge >= 0.3 is 11.9 Å². The molecule has 0 aromatic heterocycles. The van der Waals surface area contributed by atoms with E-state index in [-0.39, 0.29) is 11.0 Å². The van der Waals surface area contributed by atoms with E-state index in [0.717, 1.165) is 0 Å². The molecule has 1 rings (SSSR count). The maximum atomic E-state index is 11.0. The predicted octanol–water partition coefficient (Wildman–Crippen LogP) is 1.52. The fraction of sp³-hybridized carbons (Fsp3) is 0.600. The Morgan fingerprint density at radius 3 is 1.93 bits per heavy atom. The van der Waals surface area contributed by atoms with E-state index in [2.05, 4.69) is 0 Å². The molecule has 2 N–H and O–H groups in total. The van der Waals surface area contributed by atoms with Gasteiger partial charge in [0.2, 0.25) is 0 Å². The molecular formula is C10H14O4. The molecule has 1 saturated carbocycles. The molecule has 1 atom stereocenters. The Bertz CT molecular complexity index is 327. The molecule has 0 aromatic carbocycles. The maximum Gasteiger partial charge on any atom is 0.330 e. The number of hydrogen-bond acceptors (Lipinski definition) is 2. The standard InChI is InChI=1S/C10H14O4/c1-6(7(11)12)4-10(8(13)14)5-9(10,2)3/h4H,5H2,1-3H3,(H,11,12)(H,13,14). The van der Waals surface area contributed by atoms with E-state index in [9.17, 15) is 9.59 Å². The smallest absolute Gasteiger partial charge is 0.330 e. The Labute approximate surface area is 82.2 Å². The van der Waals surface area contributed by atoms with Crippen molar-refractivity contribution in [2.24, 2.45) is 10.8 Å². The Morgan fingerprint density at radius 2 is 1.71 bits per heavy atom. The van der Waals surface area contributed by atoms with E-state index in [0.29, 0.717) is 6.42 Å². The molecular weight excluding hydrogens is 184 g/mol. The topological polar surface area (TPSA) is 74.6 Å². The molecule has 0 amide bonds. The monoisotopic (exact) mass is 198 g/mol. The molecule has 0 saturated heterocycles. The molecule has 78 valence electrons. The first-order chi connectivity index (χ1) is 6.23. The molecule has 0 spiro atoms. The summed E-state index contributed by atoms with van der Waals surface area (Å²) in [6, 6.07) is 0. The first-order valence-electron chi connectivity index (χ1n) is 4.39. The molecule has 14 heavy (non-hydrogen) atoms. The summed E-state index contributed by atoms with van der Waals surface area (Å²) in [7, 11) is 0. The fourth-order valence-corrected chi connectivity index (χ4v) is 1.76. The number of rotatable bonds is 3. The predicted molar refractivity (Wildman–Crippen MR) is 49.9 cm³/mol. The van der Waals surface area contributed by atoms with Crippen molar-refractivity contribution >= 4 is 11.9 Å². The zero-order valence-electron chi connectivity index (χ0n) is 8.50. The maximum absolute atomic E-state index is 11.0. The van der Waals surface area contributed by atoms with Crippen molar-refractivity contribution < 1.29 is 19.8 Å². The number of aliphatic carboxylic acids is 2. The third kappa shape index (κ3) is 1.41. The van der Waals surface area contributed by atoms with Gasteiger partial charge in [-0.25, -0.2) is 4.79 Å². The molecule has 1 unspecified atom stereocenters. The average molecular weight is 198 g/mol. The summed E-state index contributed by atoms with van der Waals surface area (Å²) in [5, 5.41) is 17.7. The summed E-state index contributed by atoms with van der Waals surface area (Å²) < 4.78 is 0. The van der Waals surface area contributed by atoms with Gasteiger partial charge in [0.25, 0.3) is 0 Å². The van der Waals surface area contributed by atoms with Gasteiger partial charge in [0.05, 0.1) is 5.41 Å². The largest absolute Gasteiger partial charge is 0.481 e. The van der Waals surface area contributed by atoms with E-state index >= 15 is 0 Å². The summed E-state index contributed by atoms with van der Waals surface area (Å²) in [6.45, 7) is 5.07. The van der Waals surface area contributed by atoms with Crippen LogP contribution in [0.4, 0.5) is 0 Å².